The van der Waals surface area contributed by atoms with Crippen LogP contribution in [0, 0.1) is 11.3 Å². The van der Waals surface area contributed by atoms with Crippen molar-refractivity contribution in [1.29, 1.82) is 0 Å². The van der Waals surface area contributed by atoms with Crippen LogP contribution in [0.25, 0.3) is 0 Å². The minimum Gasteiger partial charge on any atom is -0.486 e. The third kappa shape index (κ3) is 4.80. The van der Waals surface area contributed by atoms with E-state index in [0.717, 1.165) is 36.2 Å². The molecule has 0 saturated carbocycles. The second-order valence-corrected chi connectivity index (χ2v) is 9.04. The van der Waals surface area contributed by atoms with Crippen LogP contribution in [0.15, 0.2) is 29.3 Å². The highest BCUT2D eigenvalue weighted by atomic mass is 16.6. The Bertz CT molecular complexity index is 773. The molecule has 0 unspecified atom stereocenters. The molecule has 2 aliphatic rings. The van der Waals surface area contributed by atoms with E-state index in [1.807, 2.05) is 31.2 Å². The van der Waals surface area contributed by atoms with Gasteiger partial charge in [-0.1, -0.05) is 32.9 Å². The Hall–Kier alpha value is -2.37. The van der Waals surface area contributed by atoms with Crippen molar-refractivity contribution >= 4 is 18.1 Å². The molecule has 0 bridgehead atoms. The third-order valence-electron chi connectivity index (χ3n) is 5.97. The molecule has 1 amide bonds. The zero-order valence-electron chi connectivity index (χ0n) is 17.9. The molecule has 1 atom stereocenters. The number of benzene rings is 1. The van der Waals surface area contributed by atoms with Gasteiger partial charge in [0.2, 0.25) is 0 Å². The number of aldehydes is 1. The van der Waals surface area contributed by atoms with Crippen molar-refractivity contribution in [3.8, 4) is 5.75 Å². The van der Waals surface area contributed by atoms with Crippen LogP contribution in [0.2, 0.25) is 0 Å². The maximum absolute atomic E-state index is 12.0. The van der Waals surface area contributed by atoms with E-state index in [0.29, 0.717) is 32.7 Å². The smallest absolute Gasteiger partial charge is 0.409 e. The number of carbonyl (C=O) groups excluding carboxylic acids is 2. The van der Waals surface area contributed by atoms with Gasteiger partial charge >= 0.3 is 6.09 Å². The maximum Gasteiger partial charge on any atom is 0.409 e. The molecule has 0 aliphatic carbocycles. The lowest BCUT2D eigenvalue weighted by atomic mass is 9.80. The van der Waals surface area contributed by atoms with Crippen LogP contribution in [0.3, 0.4) is 0 Å². The van der Waals surface area contributed by atoms with E-state index in [9.17, 15) is 9.59 Å². The van der Waals surface area contributed by atoms with Gasteiger partial charge < -0.3 is 19.2 Å². The van der Waals surface area contributed by atoms with E-state index < -0.39 is 0 Å². The minimum absolute atomic E-state index is 0.126. The number of fused-ring (bicyclic) bond motifs is 1. The number of nitrogens with zero attached hydrogens (tertiary/aromatic N) is 2. The van der Waals surface area contributed by atoms with Gasteiger partial charge in [0, 0.05) is 56.1 Å². The van der Waals surface area contributed by atoms with Gasteiger partial charge in [-0.15, -0.1) is 0 Å². The van der Waals surface area contributed by atoms with Crippen molar-refractivity contribution < 1.29 is 19.1 Å². The summed E-state index contributed by atoms with van der Waals surface area (Å²) < 4.78 is 11.6. The number of hydrogen-bond donors (Lipinski definition) is 0. The number of piperidine rings is 1. The summed E-state index contributed by atoms with van der Waals surface area (Å²) in [6.45, 7) is 10.1. The first-order chi connectivity index (χ1) is 13.8. The molecule has 6 nitrogen and oxygen atoms in total. The first-order valence-electron chi connectivity index (χ1n) is 10.5. The molecular formula is C23H32N2O4. The Labute approximate surface area is 173 Å². The average molecular weight is 401 g/mol. The van der Waals surface area contributed by atoms with E-state index in [4.69, 9.17) is 14.5 Å². The second kappa shape index (κ2) is 8.56. The largest absolute Gasteiger partial charge is 0.486 e. The van der Waals surface area contributed by atoms with Crippen molar-refractivity contribution in [2.75, 3.05) is 26.2 Å². The highest BCUT2D eigenvalue weighted by Gasteiger charge is 2.43. The SMILES string of the molecule is CCOC(=O)N1CCC2(CC1)C/C(=N\C[C@H](C=O)C(C)(C)C)c1ccccc1O2. The topological polar surface area (TPSA) is 68.2 Å². The summed E-state index contributed by atoms with van der Waals surface area (Å²) in [5, 5.41) is 0. The molecule has 29 heavy (non-hydrogen) atoms. The molecular weight excluding hydrogens is 368 g/mol. The molecule has 1 spiro atoms. The van der Waals surface area contributed by atoms with Gasteiger partial charge in [0.1, 0.15) is 17.6 Å². The Balaban J connectivity index is 1.81. The molecule has 6 heteroatoms. The average Bonchev–Trinajstić information content (AvgIpc) is 2.68. The third-order valence-corrected chi connectivity index (χ3v) is 5.97. The molecule has 0 radical (unpaired) electrons. The van der Waals surface area contributed by atoms with Gasteiger partial charge in [-0.3, -0.25) is 4.99 Å². The number of hydrogen-bond acceptors (Lipinski definition) is 5. The van der Waals surface area contributed by atoms with E-state index in [1.54, 1.807) is 4.90 Å². The fourth-order valence-electron chi connectivity index (χ4n) is 3.92. The molecule has 2 heterocycles. The molecule has 1 fully saturated rings. The van der Waals surface area contributed by atoms with Gasteiger partial charge in [0.15, 0.2) is 0 Å². The van der Waals surface area contributed by atoms with E-state index >= 15 is 0 Å². The van der Waals surface area contributed by atoms with Crippen LogP contribution in [-0.2, 0) is 9.53 Å². The summed E-state index contributed by atoms with van der Waals surface area (Å²) in [5.74, 6) is 0.701. The Morgan fingerprint density at radius 1 is 1.31 bits per heavy atom. The van der Waals surface area contributed by atoms with E-state index in [1.165, 1.54) is 0 Å². The highest BCUT2D eigenvalue weighted by Crippen LogP contribution is 2.40. The number of carbonyl (C=O) groups is 2. The number of ether oxygens (including phenoxy) is 2. The number of para-hydroxylation sites is 1. The summed E-state index contributed by atoms with van der Waals surface area (Å²) in [4.78, 5) is 30.3. The summed E-state index contributed by atoms with van der Waals surface area (Å²) >= 11 is 0. The molecule has 1 saturated heterocycles. The van der Waals surface area contributed by atoms with Crippen LogP contribution in [0.1, 0.15) is 52.5 Å². The molecule has 0 aromatic heterocycles. The number of amides is 1. The van der Waals surface area contributed by atoms with E-state index in [2.05, 4.69) is 20.8 Å². The lowest BCUT2D eigenvalue weighted by Gasteiger charge is -2.44. The van der Waals surface area contributed by atoms with Crippen LogP contribution < -0.4 is 4.74 Å². The quantitative estimate of drug-likeness (QED) is 0.713. The number of aliphatic imine (C=N–C) groups is 1. The lowest BCUT2D eigenvalue weighted by molar-refractivity contribution is -0.113. The van der Waals surface area contributed by atoms with Crippen molar-refractivity contribution in [3.05, 3.63) is 29.8 Å². The van der Waals surface area contributed by atoms with Gasteiger partial charge in [-0.2, -0.15) is 0 Å². The summed E-state index contributed by atoms with van der Waals surface area (Å²) in [5.41, 5.74) is 1.50. The molecule has 2 aliphatic heterocycles. The molecule has 3 rings (SSSR count). The predicted octanol–water partition coefficient (Wildman–Crippen LogP) is 4.11. The first-order valence-corrected chi connectivity index (χ1v) is 10.5. The van der Waals surface area contributed by atoms with Crippen molar-refractivity contribution in [1.82, 2.24) is 4.90 Å². The van der Waals surface area contributed by atoms with Crippen molar-refractivity contribution in [2.45, 2.75) is 52.6 Å². The summed E-state index contributed by atoms with van der Waals surface area (Å²) in [6, 6.07) is 7.96. The monoisotopic (exact) mass is 400 g/mol. The highest BCUT2D eigenvalue weighted by molar-refractivity contribution is 6.04. The fraction of sp³-hybridized carbons (Fsp3) is 0.609. The van der Waals surface area contributed by atoms with E-state index in [-0.39, 0.29) is 23.0 Å². The molecule has 158 valence electrons. The van der Waals surface area contributed by atoms with Gasteiger partial charge in [0.25, 0.3) is 0 Å². The molecule has 1 aromatic carbocycles. The summed E-state index contributed by atoms with van der Waals surface area (Å²) in [6.07, 6.45) is 2.91. The summed E-state index contributed by atoms with van der Waals surface area (Å²) in [7, 11) is 0. The zero-order chi connectivity index (χ0) is 21.1. The molecule has 0 N–H and O–H groups in total. The zero-order valence-corrected chi connectivity index (χ0v) is 17.9. The van der Waals surface area contributed by atoms with Gasteiger partial charge in [-0.25, -0.2) is 4.79 Å². The maximum atomic E-state index is 12.0. The number of likely N-dealkylation sites (tertiary alicyclic amines) is 1. The standard InChI is InChI=1S/C23H32N2O4/c1-5-28-21(27)25-12-10-23(11-13-25)14-19(18-8-6-7-9-20(18)29-23)24-15-17(16-26)22(2,3)4/h6-9,16-17H,5,10-15H2,1-4H3/b24-19+/t17-/m1/s1. The van der Waals surface area contributed by atoms with Crippen LogP contribution >= 0.6 is 0 Å². The second-order valence-electron chi connectivity index (χ2n) is 9.04. The van der Waals surface area contributed by atoms with Crippen LogP contribution in [0.5, 0.6) is 5.75 Å². The lowest BCUT2D eigenvalue weighted by Crippen LogP contribution is -2.52. The Kier molecular flexibility index (Phi) is 6.30. The normalized spacial score (nSPS) is 20.7. The van der Waals surface area contributed by atoms with Crippen LogP contribution in [0.4, 0.5) is 4.79 Å². The fourth-order valence-corrected chi connectivity index (χ4v) is 3.92. The first kappa shape index (κ1) is 21.3. The van der Waals surface area contributed by atoms with Gasteiger partial charge in [0.05, 0.1) is 6.61 Å². The van der Waals surface area contributed by atoms with Crippen molar-refractivity contribution in [3.63, 3.8) is 0 Å². The van der Waals surface area contributed by atoms with Crippen molar-refractivity contribution in [2.24, 2.45) is 16.3 Å². The Morgan fingerprint density at radius 2 is 2.00 bits per heavy atom. The predicted molar refractivity (Wildman–Crippen MR) is 113 cm³/mol. The molecule has 1 aromatic rings. The Morgan fingerprint density at radius 3 is 2.62 bits per heavy atom. The van der Waals surface area contributed by atoms with Crippen LogP contribution in [-0.4, -0.2) is 54.8 Å². The van der Waals surface area contributed by atoms with Gasteiger partial charge in [-0.05, 0) is 24.5 Å². The minimum atomic E-state index is -0.366. The number of rotatable bonds is 4.